The van der Waals surface area contributed by atoms with E-state index < -0.39 is 0 Å². The molecule has 0 aliphatic heterocycles. The first-order valence-corrected chi connectivity index (χ1v) is 5.13. The molecular weight excluding hydrogens is 176 g/mol. The van der Waals surface area contributed by atoms with Crippen LogP contribution in [0.3, 0.4) is 0 Å². The highest BCUT2D eigenvalue weighted by molar-refractivity contribution is 5.37. The monoisotopic (exact) mass is 192 g/mol. The maximum atomic E-state index is 5.05. The molecule has 1 aliphatic rings. The van der Waals surface area contributed by atoms with Crippen molar-refractivity contribution >= 4 is 5.82 Å². The lowest BCUT2D eigenvalue weighted by atomic mass is 9.85. The molecule has 1 aliphatic carbocycles. The second kappa shape index (κ2) is 4.31. The zero-order chi connectivity index (χ0) is 9.80. The molecule has 0 amide bonds. The van der Waals surface area contributed by atoms with Gasteiger partial charge in [0.1, 0.15) is 5.82 Å². The molecule has 0 spiro atoms. The van der Waals surface area contributed by atoms with Gasteiger partial charge in [0.15, 0.2) is 0 Å². The van der Waals surface area contributed by atoms with E-state index in [2.05, 4.69) is 10.3 Å². The lowest BCUT2D eigenvalue weighted by molar-refractivity contribution is 0.333. The van der Waals surface area contributed by atoms with E-state index in [0.717, 1.165) is 18.3 Å². The van der Waals surface area contributed by atoms with Gasteiger partial charge in [-0.05, 0) is 24.8 Å². The predicted octanol–water partition coefficient (Wildman–Crippen LogP) is 2.30. The van der Waals surface area contributed by atoms with Gasteiger partial charge in [0, 0.05) is 12.6 Å². The van der Waals surface area contributed by atoms with Gasteiger partial charge in [-0.25, -0.2) is 0 Å². The number of nitrogens with one attached hydrogen (secondary N) is 1. The van der Waals surface area contributed by atoms with E-state index in [9.17, 15) is 0 Å². The topological polar surface area (TPSA) is 34.1 Å². The third kappa shape index (κ3) is 2.16. The van der Waals surface area contributed by atoms with Gasteiger partial charge in [0.25, 0.3) is 0 Å². The molecule has 0 atom stereocenters. The fraction of sp³-hybridized carbons (Fsp3) is 0.545. The van der Waals surface area contributed by atoms with Crippen LogP contribution < -0.4 is 10.1 Å². The SMILES string of the molecule is COc1cccc(NCC2CCC2)n1. The van der Waals surface area contributed by atoms with Gasteiger partial charge < -0.3 is 10.1 Å². The summed E-state index contributed by atoms with van der Waals surface area (Å²) in [6.07, 6.45) is 4.10. The molecule has 76 valence electrons. The highest BCUT2D eigenvalue weighted by atomic mass is 16.5. The molecule has 0 saturated heterocycles. The first-order chi connectivity index (χ1) is 6.88. The minimum Gasteiger partial charge on any atom is -0.481 e. The number of anilines is 1. The minimum atomic E-state index is 0.670. The summed E-state index contributed by atoms with van der Waals surface area (Å²) < 4.78 is 5.05. The van der Waals surface area contributed by atoms with Crippen LogP contribution in [0.1, 0.15) is 19.3 Å². The molecule has 0 aromatic carbocycles. The number of hydrogen-bond acceptors (Lipinski definition) is 3. The number of hydrogen-bond donors (Lipinski definition) is 1. The Hall–Kier alpha value is -1.25. The van der Waals surface area contributed by atoms with E-state index in [1.807, 2.05) is 18.2 Å². The first kappa shape index (κ1) is 9.31. The largest absolute Gasteiger partial charge is 0.481 e. The van der Waals surface area contributed by atoms with Crippen LogP contribution in [0.15, 0.2) is 18.2 Å². The third-order valence-electron chi connectivity index (χ3n) is 2.73. The van der Waals surface area contributed by atoms with E-state index in [1.54, 1.807) is 7.11 Å². The third-order valence-corrected chi connectivity index (χ3v) is 2.73. The van der Waals surface area contributed by atoms with Crippen molar-refractivity contribution in [3.8, 4) is 5.88 Å². The van der Waals surface area contributed by atoms with Crippen molar-refractivity contribution in [3.05, 3.63) is 18.2 Å². The Morgan fingerprint density at radius 2 is 2.36 bits per heavy atom. The molecule has 1 fully saturated rings. The minimum absolute atomic E-state index is 0.670. The van der Waals surface area contributed by atoms with E-state index in [0.29, 0.717) is 5.88 Å². The predicted molar refractivity (Wildman–Crippen MR) is 56.6 cm³/mol. The van der Waals surface area contributed by atoms with Crippen LogP contribution >= 0.6 is 0 Å². The van der Waals surface area contributed by atoms with Gasteiger partial charge in [-0.1, -0.05) is 12.5 Å². The lowest BCUT2D eigenvalue weighted by Crippen LogP contribution is -2.21. The molecule has 1 aromatic rings. The van der Waals surface area contributed by atoms with Crippen LogP contribution in [0, 0.1) is 5.92 Å². The molecule has 1 N–H and O–H groups in total. The van der Waals surface area contributed by atoms with Crippen molar-refractivity contribution < 1.29 is 4.74 Å². The van der Waals surface area contributed by atoms with Crippen LogP contribution in [-0.4, -0.2) is 18.6 Å². The van der Waals surface area contributed by atoms with Crippen LogP contribution in [0.2, 0.25) is 0 Å². The summed E-state index contributed by atoms with van der Waals surface area (Å²) in [5.41, 5.74) is 0. The summed E-state index contributed by atoms with van der Waals surface area (Å²) in [5.74, 6) is 2.43. The molecule has 0 unspecified atom stereocenters. The number of nitrogens with zero attached hydrogens (tertiary/aromatic N) is 1. The zero-order valence-electron chi connectivity index (χ0n) is 8.49. The maximum absolute atomic E-state index is 5.05. The Morgan fingerprint density at radius 3 is 3.00 bits per heavy atom. The van der Waals surface area contributed by atoms with E-state index >= 15 is 0 Å². The van der Waals surface area contributed by atoms with Crippen LogP contribution in [-0.2, 0) is 0 Å². The molecule has 2 rings (SSSR count). The Morgan fingerprint density at radius 1 is 1.50 bits per heavy atom. The highest BCUT2D eigenvalue weighted by Crippen LogP contribution is 2.26. The molecule has 3 nitrogen and oxygen atoms in total. The Balaban J connectivity index is 1.87. The van der Waals surface area contributed by atoms with Gasteiger partial charge in [-0.3, -0.25) is 0 Å². The highest BCUT2D eigenvalue weighted by Gasteiger charge is 2.16. The molecule has 0 radical (unpaired) electrons. The number of pyridine rings is 1. The maximum Gasteiger partial charge on any atom is 0.214 e. The smallest absolute Gasteiger partial charge is 0.214 e. The van der Waals surface area contributed by atoms with Gasteiger partial charge in [0.05, 0.1) is 7.11 Å². The second-order valence-corrected chi connectivity index (χ2v) is 3.74. The molecule has 14 heavy (non-hydrogen) atoms. The number of methoxy groups -OCH3 is 1. The Bertz CT molecular complexity index is 297. The molecule has 3 heteroatoms. The summed E-state index contributed by atoms with van der Waals surface area (Å²) >= 11 is 0. The standard InChI is InChI=1S/C11H16N2O/c1-14-11-7-3-6-10(13-11)12-8-9-4-2-5-9/h3,6-7,9H,2,4-5,8H2,1H3,(H,12,13). The van der Waals surface area contributed by atoms with Crippen molar-refractivity contribution in [1.29, 1.82) is 0 Å². The van der Waals surface area contributed by atoms with Gasteiger partial charge in [0.2, 0.25) is 5.88 Å². The summed E-state index contributed by atoms with van der Waals surface area (Å²) in [6.45, 7) is 1.04. The van der Waals surface area contributed by atoms with Crippen LogP contribution in [0.25, 0.3) is 0 Å². The molecule has 1 saturated carbocycles. The Labute approximate surface area is 84.5 Å². The van der Waals surface area contributed by atoms with Crippen molar-refractivity contribution in [3.63, 3.8) is 0 Å². The van der Waals surface area contributed by atoms with Gasteiger partial charge >= 0.3 is 0 Å². The van der Waals surface area contributed by atoms with Gasteiger partial charge in [-0.2, -0.15) is 4.98 Å². The number of aromatic nitrogens is 1. The molecule has 1 aromatic heterocycles. The molecular formula is C11H16N2O. The summed E-state index contributed by atoms with van der Waals surface area (Å²) in [7, 11) is 1.64. The van der Waals surface area contributed by atoms with Crippen LogP contribution in [0.5, 0.6) is 5.88 Å². The van der Waals surface area contributed by atoms with Gasteiger partial charge in [-0.15, -0.1) is 0 Å². The Kier molecular flexibility index (Phi) is 2.87. The van der Waals surface area contributed by atoms with E-state index in [4.69, 9.17) is 4.74 Å². The lowest BCUT2D eigenvalue weighted by Gasteiger charge is -2.25. The average molecular weight is 192 g/mol. The summed E-state index contributed by atoms with van der Waals surface area (Å²) in [4.78, 5) is 4.29. The van der Waals surface area contributed by atoms with Crippen LogP contribution in [0.4, 0.5) is 5.82 Å². The summed E-state index contributed by atoms with van der Waals surface area (Å²) in [6, 6.07) is 5.78. The van der Waals surface area contributed by atoms with E-state index in [-0.39, 0.29) is 0 Å². The zero-order valence-corrected chi connectivity index (χ0v) is 8.49. The normalized spacial score (nSPS) is 16.1. The van der Waals surface area contributed by atoms with E-state index in [1.165, 1.54) is 19.3 Å². The second-order valence-electron chi connectivity index (χ2n) is 3.74. The number of ether oxygens (including phenoxy) is 1. The fourth-order valence-corrected chi connectivity index (χ4v) is 1.57. The van der Waals surface area contributed by atoms with Crippen molar-refractivity contribution in [1.82, 2.24) is 4.98 Å². The fourth-order valence-electron chi connectivity index (χ4n) is 1.57. The quantitative estimate of drug-likeness (QED) is 0.794. The first-order valence-electron chi connectivity index (χ1n) is 5.13. The number of rotatable bonds is 4. The average Bonchev–Trinajstić information content (AvgIpc) is 2.16. The van der Waals surface area contributed by atoms with Crippen molar-refractivity contribution in [2.75, 3.05) is 19.0 Å². The molecule has 1 heterocycles. The van der Waals surface area contributed by atoms with Crippen molar-refractivity contribution in [2.24, 2.45) is 5.92 Å². The molecule has 0 bridgehead atoms. The van der Waals surface area contributed by atoms with Crippen molar-refractivity contribution in [2.45, 2.75) is 19.3 Å². The summed E-state index contributed by atoms with van der Waals surface area (Å²) in [5, 5.41) is 3.33.